The quantitative estimate of drug-likeness (QED) is 0.591. The minimum absolute atomic E-state index is 0.0145. The van der Waals surface area contributed by atoms with Crippen molar-refractivity contribution in [3.05, 3.63) is 35.9 Å². The van der Waals surface area contributed by atoms with Crippen molar-refractivity contribution in [1.82, 2.24) is 0 Å². The number of phenols is 1. The van der Waals surface area contributed by atoms with Crippen LogP contribution in [0.25, 0.3) is 0 Å². The molecule has 0 fully saturated rings. The van der Waals surface area contributed by atoms with Crippen molar-refractivity contribution in [3.63, 3.8) is 0 Å². The van der Waals surface area contributed by atoms with Gasteiger partial charge in [-0.15, -0.1) is 0 Å². The van der Waals surface area contributed by atoms with E-state index >= 15 is 0 Å². The largest absolute Gasteiger partial charge is 0.506 e. The maximum absolute atomic E-state index is 11.8. The van der Waals surface area contributed by atoms with E-state index in [1.807, 2.05) is 25.1 Å². The van der Waals surface area contributed by atoms with Crippen molar-refractivity contribution in [3.8, 4) is 5.75 Å². The number of aromatic hydroxyl groups is 1. The molecule has 2 N–H and O–H groups in total. The van der Waals surface area contributed by atoms with Gasteiger partial charge in [-0.05, 0) is 37.5 Å². The molecule has 0 bridgehead atoms. The maximum atomic E-state index is 11.8. The van der Waals surface area contributed by atoms with Gasteiger partial charge in [0.05, 0.1) is 5.69 Å². The summed E-state index contributed by atoms with van der Waals surface area (Å²) in [5.74, 6) is 0.115. The van der Waals surface area contributed by atoms with Crippen molar-refractivity contribution < 1.29 is 9.90 Å². The van der Waals surface area contributed by atoms with Crippen LogP contribution in [0.15, 0.2) is 30.4 Å². The summed E-state index contributed by atoms with van der Waals surface area (Å²) in [5.41, 5.74) is 1.46. The molecular weight excluding hydrogens is 202 g/mol. The first-order valence-electron chi connectivity index (χ1n) is 5.42. The van der Waals surface area contributed by atoms with E-state index < -0.39 is 0 Å². The number of amides is 1. The first-order valence-corrected chi connectivity index (χ1v) is 5.42. The molecule has 0 spiro atoms. The molecule has 84 valence electrons. The lowest BCUT2D eigenvalue weighted by atomic mass is 10.1. The Morgan fingerprint density at radius 3 is 2.69 bits per heavy atom. The van der Waals surface area contributed by atoms with Gasteiger partial charge in [0, 0.05) is 5.92 Å². The summed E-state index contributed by atoms with van der Waals surface area (Å²) < 4.78 is 0. The molecule has 0 saturated carbocycles. The van der Waals surface area contributed by atoms with E-state index in [0.717, 1.165) is 18.4 Å². The molecule has 1 aliphatic rings. The number of carbonyl (C=O) groups excluding carboxylic acids is 1. The summed E-state index contributed by atoms with van der Waals surface area (Å²) in [6.07, 6.45) is 5.61. The molecule has 1 aromatic rings. The third-order valence-corrected chi connectivity index (χ3v) is 2.79. The molecule has 1 aromatic carbocycles. The molecule has 1 aliphatic carbocycles. The van der Waals surface area contributed by atoms with Crippen LogP contribution >= 0.6 is 0 Å². The molecule has 16 heavy (non-hydrogen) atoms. The summed E-state index contributed by atoms with van der Waals surface area (Å²) >= 11 is 0. The van der Waals surface area contributed by atoms with Gasteiger partial charge in [-0.2, -0.15) is 0 Å². The van der Waals surface area contributed by atoms with Crippen LogP contribution in [0, 0.1) is 12.8 Å². The van der Waals surface area contributed by atoms with Crippen molar-refractivity contribution in [2.45, 2.75) is 19.8 Å². The molecule has 0 aliphatic heterocycles. The van der Waals surface area contributed by atoms with Crippen LogP contribution in [-0.4, -0.2) is 11.0 Å². The fourth-order valence-corrected chi connectivity index (χ4v) is 1.81. The van der Waals surface area contributed by atoms with Crippen molar-refractivity contribution in [1.29, 1.82) is 0 Å². The van der Waals surface area contributed by atoms with Crippen LogP contribution < -0.4 is 5.32 Å². The predicted octanol–water partition coefficient (Wildman–Crippen LogP) is 2.61. The first-order chi connectivity index (χ1) is 7.66. The lowest BCUT2D eigenvalue weighted by Crippen LogP contribution is -2.20. The number of benzene rings is 1. The van der Waals surface area contributed by atoms with Gasteiger partial charge < -0.3 is 10.4 Å². The van der Waals surface area contributed by atoms with Crippen LogP contribution in [0.1, 0.15) is 18.4 Å². The fourth-order valence-electron chi connectivity index (χ4n) is 1.81. The molecule has 0 aromatic heterocycles. The molecule has 0 unspecified atom stereocenters. The second-order valence-electron chi connectivity index (χ2n) is 4.15. The minimum atomic E-state index is -0.0239. The van der Waals surface area contributed by atoms with E-state index in [9.17, 15) is 9.90 Å². The van der Waals surface area contributed by atoms with Gasteiger partial charge in [0.2, 0.25) is 5.91 Å². The normalized spacial score (nSPS) is 15.3. The van der Waals surface area contributed by atoms with E-state index in [4.69, 9.17) is 0 Å². The molecule has 3 heteroatoms. The number of hydrogen-bond donors (Lipinski definition) is 2. The van der Waals surface area contributed by atoms with Gasteiger partial charge >= 0.3 is 0 Å². The Morgan fingerprint density at radius 1 is 1.38 bits per heavy atom. The van der Waals surface area contributed by atoms with Crippen LogP contribution in [0.3, 0.4) is 0 Å². The Morgan fingerprint density at radius 2 is 2.06 bits per heavy atom. The molecule has 1 amide bonds. The number of allylic oxidation sites excluding steroid dienone is 2. The highest BCUT2D eigenvalue weighted by Gasteiger charge is 2.19. The fraction of sp³-hybridized carbons (Fsp3) is 0.308. The van der Waals surface area contributed by atoms with E-state index in [-0.39, 0.29) is 17.6 Å². The zero-order valence-corrected chi connectivity index (χ0v) is 9.23. The number of anilines is 1. The lowest BCUT2D eigenvalue weighted by molar-refractivity contribution is -0.119. The number of phenolic OH excluding ortho intramolecular Hbond substituents is 1. The Hall–Kier alpha value is -1.77. The predicted molar refractivity (Wildman–Crippen MR) is 63.3 cm³/mol. The van der Waals surface area contributed by atoms with Crippen molar-refractivity contribution in [2.75, 3.05) is 5.32 Å². The number of aryl methyl sites for hydroxylation is 1. The topological polar surface area (TPSA) is 49.3 Å². The van der Waals surface area contributed by atoms with Crippen LogP contribution in [0.2, 0.25) is 0 Å². The monoisotopic (exact) mass is 217 g/mol. The Bertz CT molecular complexity index is 430. The number of carbonyl (C=O) groups is 1. The molecular formula is C13H15NO2. The zero-order chi connectivity index (χ0) is 11.5. The third-order valence-electron chi connectivity index (χ3n) is 2.79. The standard InChI is InChI=1S/C13H15NO2/c1-9-6-7-11(12(15)8-9)14-13(16)10-4-2-3-5-10/h2-3,6-8,10,15H,4-5H2,1H3,(H,14,16). The van der Waals surface area contributed by atoms with E-state index in [1.54, 1.807) is 12.1 Å². The molecule has 0 saturated heterocycles. The van der Waals surface area contributed by atoms with Gasteiger partial charge in [-0.3, -0.25) is 4.79 Å². The first kappa shape index (κ1) is 10.7. The molecule has 0 atom stereocenters. The summed E-state index contributed by atoms with van der Waals surface area (Å²) in [6.45, 7) is 1.90. The lowest BCUT2D eigenvalue weighted by Gasteiger charge is -2.11. The van der Waals surface area contributed by atoms with E-state index in [0.29, 0.717) is 5.69 Å². The average molecular weight is 217 g/mol. The molecule has 0 heterocycles. The second-order valence-corrected chi connectivity index (χ2v) is 4.15. The molecule has 2 rings (SSSR count). The Labute approximate surface area is 94.8 Å². The second kappa shape index (κ2) is 4.39. The highest BCUT2D eigenvalue weighted by Crippen LogP contribution is 2.26. The molecule has 0 radical (unpaired) electrons. The SMILES string of the molecule is Cc1ccc(NC(=O)C2CC=CC2)c(O)c1. The highest BCUT2D eigenvalue weighted by molar-refractivity contribution is 5.94. The van der Waals surface area contributed by atoms with Crippen LogP contribution in [0.4, 0.5) is 5.69 Å². The number of nitrogens with one attached hydrogen (secondary N) is 1. The van der Waals surface area contributed by atoms with Crippen LogP contribution in [0.5, 0.6) is 5.75 Å². The van der Waals surface area contributed by atoms with Gasteiger partial charge in [0.15, 0.2) is 0 Å². The summed E-state index contributed by atoms with van der Waals surface area (Å²) in [6, 6.07) is 5.23. The third kappa shape index (κ3) is 2.24. The average Bonchev–Trinajstić information content (AvgIpc) is 2.75. The highest BCUT2D eigenvalue weighted by atomic mass is 16.3. The smallest absolute Gasteiger partial charge is 0.228 e. The van der Waals surface area contributed by atoms with E-state index in [1.165, 1.54) is 0 Å². The van der Waals surface area contributed by atoms with Gasteiger partial charge in [0.1, 0.15) is 5.75 Å². The summed E-state index contributed by atoms with van der Waals surface area (Å²) in [7, 11) is 0. The van der Waals surface area contributed by atoms with E-state index in [2.05, 4.69) is 5.32 Å². The van der Waals surface area contributed by atoms with Crippen molar-refractivity contribution >= 4 is 11.6 Å². The van der Waals surface area contributed by atoms with Gasteiger partial charge in [-0.25, -0.2) is 0 Å². The van der Waals surface area contributed by atoms with Crippen molar-refractivity contribution in [2.24, 2.45) is 5.92 Å². The zero-order valence-electron chi connectivity index (χ0n) is 9.23. The number of rotatable bonds is 2. The minimum Gasteiger partial charge on any atom is -0.506 e. The molecule has 3 nitrogen and oxygen atoms in total. The Kier molecular flexibility index (Phi) is 2.95. The summed E-state index contributed by atoms with van der Waals surface area (Å²) in [5, 5.41) is 12.4. The van der Waals surface area contributed by atoms with Crippen LogP contribution in [-0.2, 0) is 4.79 Å². The Balaban J connectivity index is 2.06. The van der Waals surface area contributed by atoms with Gasteiger partial charge in [-0.1, -0.05) is 18.2 Å². The van der Waals surface area contributed by atoms with Gasteiger partial charge in [0.25, 0.3) is 0 Å². The summed E-state index contributed by atoms with van der Waals surface area (Å²) in [4.78, 5) is 11.8. The number of hydrogen-bond acceptors (Lipinski definition) is 2. The maximum Gasteiger partial charge on any atom is 0.228 e.